The van der Waals surface area contributed by atoms with Gasteiger partial charge in [0, 0.05) is 36.1 Å². The SMILES string of the molecule is CCCCc1ccc(Nc2ccc(C)c([S+]([O-])N3CCN(c4ccccc4OC)CC3)c2)cc1. The van der Waals surface area contributed by atoms with Crippen molar-refractivity contribution in [3.63, 3.8) is 0 Å². The lowest BCUT2D eigenvalue weighted by Gasteiger charge is -2.36. The average molecular weight is 478 g/mol. The first-order valence-electron chi connectivity index (χ1n) is 12.1. The van der Waals surface area contributed by atoms with Crippen LogP contribution in [0.15, 0.2) is 71.6 Å². The summed E-state index contributed by atoms with van der Waals surface area (Å²) in [6.45, 7) is 7.35. The van der Waals surface area contributed by atoms with Crippen molar-refractivity contribution in [3.05, 3.63) is 77.9 Å². The van der Waals surface area contributed by atoms with Crippen LogP contribution in [0.5, 0.6) is 5.75 Å². The van der Waals surface area contributed by atoms with E-state index in [9.17, 15) is 4.55 Å². The number of ether oxygens (including phenoxy) is 1. The van der Waals surface area contributed by atoms with Crippen LogP contribution in [0.4, 0.5) is 17.1 Å². The van der Waals surface area contributed by atoms with Gasteiger partial charge in [-0.1, -0.05) is 43.7 Å². The molecule has 1 aliphatic heterocycles. The predicted molar refractivity (Wildman–Crippen MR) is 143 cm³/mol. The molecule has 1 N–H and O–H groups in total. The summed E-state index contributed by atoms with van der Waals surface area (Å²) >= 11 is -1.20. The highest BCUT2D eigenvalue weighted by Crippen LogP contribution is 2.31. The van der Waals surface area contributed by atoms with Gasteiger partial charge in [-0.2, -0.15) is 0 Å². The number of rotatable bonds is 9. The van der Waals surface area contributed by atoms with E-state index in [-0.39, 0.29) is 0 Å². The molecule has 1 unspecified atom stereocenters. The third kappa shape index (κ3) is 5.87. The van der Waals surface area contributed by atoms with Crippen LogP contribution >= 0.6 is 0 Å². The fraction of sp³-hybridized carbons (Fsp3) is 0.357. The summed E-state index contributed by atoms with van der Waals surface area (Å²) in [5.41, 5.74) is 5.52. The summed E-state index contributed by atoms with van der Waals surface area (Å²) in [6, 6.07) is 22.8. The second-order valence-electron chi connectivity index (χ2n) is 8.74. The third-order valence-corrected chi connectivity index (χ3v) is 7.99. The number of hydrogen-bond acceptors (Lipinski definition) is 5. The summed E-state index contributed by atoms with van der Waals surface area (Å²) in [5.74, 6) is 0.880. The average Bonchev–Trinajstić information content (AvgIpc) is 2.89. The minimum atomic E-state index is -1.20. The van der Waals surface area contributed by atoms with Crippen LogP contribution < -0.4 is 15.0 Å². The standard InChI is InChI=1S/C28H35N3O2S/c1-4-5-8-23-12-15-24(16-13-23)29-25-14-11-22(2)28(21-25)34(32)31-19-17-30(18-20-31)26-9-6-7-10-27(26)33-3/h6-7,9-16,21,29H,4-5,8,17-20H2,1-3H3. The Morgan fingerprint density at radius 3 is 2.35 bits per heavy atom. The van der Waals surface area contributed by atoms with Gasteiger partial charge >= 0.3 is 0 Å². The topological polar surface area (TPSA) is 50.8 Å². The Hall–Kier alpha value is -2.67. The van der Waals surface area contributed by atoms with Crippen LogP contribution in [0.2, 0.25) is 0 Å². The first-order chi connectivity index (χ1) is 16.6. The van der Waals surface area contributed by atoms with Gasteiger partial charge in [0.05, 0.1) is 37.2 Å². The molecule has 1 saturated heterocycles. The monoisotopic (exact) mass is 477 g/mol. The van der Waals surface area contributed by atoms with Crippen LogP contribution in [-0.4, -0.2) is 42.1 Å². The first-order valence-corrected chi connectivity index (χ1v) is 13.2. The van der Waals surface area contributed by atoms with Crippen LogP contribution in [0, 0.1) is 6.92 Å². The molecule has 0 radical (unpaired) electrons. The van der Waals surface area contributed by atoms with E-state index in [0.717, 1.165) is 65.9 Å². The molecule has 0 aromatic heterocycles. The largest absolute Gasteiger partial charge is 0.593 e. The Kier molecular flexibility index (Phi) is 8.38. The Bertz CT molecular complexity index is 1070. The maximum atomic E-state index is 13.5. The Morgan fingerprint density at radius 1 is 0.941 bits per heavy atom. The highest BCUT2D eigenvalue weighted by atomic mass is 32.2. The normalized spacial score (nSPS) is 15.2. The molecule has 1 aliphatic rings. The first kappa shape index (κ1) is 24.5. The lowest BCUT2D eigenvalue weighted by molar-refractivity contribution is 0.378. The van der Waals surface area contributed by atoms with Crippen LogP contribution in [-0.2, 0) is 17.8 Å². The molecular formula is C28H35N3O2S. The summed E-state index contributed by atoms with van der Waals surface area (Å²) in [7, 11) is 1.70. The van der Waals surface area contributed by atoms with Crippen molar-refractivity contribution in [2.45, 2.75) is 38.0 Å². The van der Waals surface area contributed by atoms with Gasteiger partial charge in [-0.3, -0.25) is 0 Å². The zero-order valence-corrected chi connectivity index (χ0v) is 21.2. The van der Waals surface area contributed by atoms with E-state index in [2.05, 4.69) is 63.9 Å². The number of nitrogens with one attached hydrogen (secondary N) is 1. The summed E-state index contributed by atoms with van der Waals surface area (Å²) in [4.78, 5) is 3.18. The highest BCUT2D eigenvalue weighted by Gasteiger charge is 2.29. The minimum Gasteiger partial charge on any atom is -0.593 e. The molecule has 1 heterocycles. The lowest BCUT2D eigenvalue weighted by Crippen LogP contribution is -2.48. The number of anilines is 3. The second-order valence-corrected chi connectivity index (χ2v) is 10.2. The number of aryl methyl sites for hydroxylation is 2. The van der Waals surface area contributed by atoms with E-state index in [4.69, 9.17) is 4.74 Å². The number of unbranched alkanes of at least 4 members (excludes halogenated alkanes) is 1. The Balaban J connectivity index is 1.40. The van der Waals surface area contributed by atoms with E-state index in [0.29, 0.717) is 0 Å². The lowest BCUT2D eigenvalue weighted by atomic mass is 10.1. The number of piperazine rings is 1. The van der Waals surface area contributed by atoms with Crippen molar-refractivity contribution in [2.24, 2.45) is 0 Å². The van der Waals surface area contributed by atoms with E-state index in [1.54, 1.807) is 7.11 Å². The van der Waals surface area contributed by atoms with E-state index in [1.165, 1.54) is 18.4 Å². The minimum absolute atomic E-state index is 0.737. The summed E-state index contributed by atoms with van der Waals surface area (Å²) in [6.07, 6.45) is 3.54. The van der Waals surface area contributed by atoms with E-state index >= 15 is 0 Å². The van der Waals surface area contributed by atoms with Crippen LogP contribution in [0.1, 0.15) is 30.9 Å². The number of benzene rings is 3. The van der Waals surface area contributed by atoms with Crippen molar-refractivity contribution in [1.29, 1.82) is 0 Å². The number of hydrogen-bond donors (Lipinski definition) is 1. The molecule has 1 atom stereocenters. The zero-order valence-electron chi connectivity index (χ0n) is 20.4. The molecule has 180 valence electrons. The fourth-order valence-electron chi connectivity index (χ4n) is 4.29. The maximum Gasteiger partial charge on any atom is 0.179 e. The molecule has 34 heavy (non-hydrogen) atoms. The number of nitrogens with zero attached hydrogens (tertiary/aromatic N) is 2. The number of para-hydroxylation sites is 2. The van der Waals surface area contributed by atoms with Crippen molar-refractivity contribution < 1.29 is 9.29 Å². The Morgan fingerprint density at radius 2 is 1.65 bits per heavy atom. The van der Waals surface area contributed by atoms with Crippen molar-refractivity contribution in [3.8, 4) is 5.75 Å². The molecule has 0 spiro atoms. The summed E-state index contributed by atoms with van der Waals surface area (Å²) in [5, 5.41) is 3.48. The zero-order chi connectivity index (χ0) is 23.9. The third-order valence-electron chi connectivity index (χ3n) is 6.34. The van der Waals surface area contributed by atoms with Gasteiger partial charge in [-0.15, -0.1) is 4.31 Å². The molecule has 6 heteroatoms. The van der Waals surface area contributed by atoms with Crippen molar-refractivity contribution in [1.82, 2.24) is 4.31 Å². The fourth-order valence-corrected chi connectivity index (χ4v) is 5.64. The smallest absolute Gasteiger partial charge is 0.179 e. The quantitative estimate of drug-likeness (QED) is 0.387. The molecule has 4 rings (SSSR count). The molecule has 0 aliphatic carbocycles. The number of methoxy groups -OCH3 is 1. The van der Waals surface area contributed by atoms with E-state index in [1.807, 2.05) is 31.2 Å². The molecule has 3 aromatic rings. The van der Waals surface area contributed by atoms with Gasteiger partial charge in [0.1, 0.15) is 5.75 Å². The molecule has 3 aromatic carbocycles. The summed E-state index contributed by atoms with van der Waals surface area (Å²) < 4.78 is 21.1. The highest BCUT2D eigenvalue weighted by molar-refractivity contribution is 7.89. The van der Waals surface area contributed by atoms with Crippen molar-refractivity contribution >= 4 is 28.4 Å². The van der Waals surface area contributed by atoms with E-state index < -0.39 is 11.4 Å². The predicted octanol–water partition coefficient (Wildman–Crippen LogP) is 5.93. The Labute approximate surface area is 207 Å². The van der Waals surface area contributed by atoms with Crippen LogP contribution in [0.25, 0.3) is 0 Å². The van der Waals surface area contributed by atoms with Gasteiger partial charge in [-0.25, -0.2) is 0 Å². The molecule has 0 amide bonds. The van der Waals surface area contributed by atoms with Gasteiger partial charge in [0.25, 0.3) is 0 Å². The van der Waals surface area contributed by atoms with Crippen molar-refractivity contribution in [2.75, 3.05) is 43.5 Å². The molecule has 0 saturated carbocycles. The molecule has 1 fully saturated rings. The molecular weight excluding hydrogens is 442 g/mol. The van der Waals surface area contributed by atoms with Crippen LogP contribution in [0.3, 0.4) is 0 Å². The molecule has 5 nitrogen and oxygen atoms in total. The van der Waals surface area contributed by atoms with Gasteiger partial charge in [0.15, 0.2) is 4.90 Å². The molecule has 0 bridgehead atoms. The van der Waals surface area contributed by atoms with Gasteiger partial charge in [-0.05, 0) is 55.7 Å². The second kappa shape index (κ2) is 11.6. The van der Waals surface area contributed by atoms with Gasteiger partial charge in [0.2, 0.25) is 0 Å². The van der Waals surface area contributed by atoms with Gasteiger partial charge < -0.3 is 19.5 Å². The maximum absolute atomic E-state index is 13.5.